The van der Waals surface area contributed by atoms with Crippen molar-refractivity contribution in [2.24, 2.45) is 0 Å². The summed E-state index contributed by atoms with van der Waals surface area (Å²) in [6.07, 6.45) is 2.53. The molecule has 2 aromatic heterocycles. The molecule has 3 heterocycles. The van der Waals surface area contributed by atoms with Crippen molar-refractivity contribution in [3.63, 3.8) is 0 Å². The van der Waals surface area contributed by atoms with Gasteiger partial charge in [0.1, 0.15) is 10.0 Å². The van der Waals surface area contributed by atoms with Crippen molar-refractivity contribution in [3.05, 3.63) is 32.2 Å². The Labute approximate surface area is 212 Å². The van der Waals surface area contributed by atoms with Crippen molar-refractivity contribution in [1.29, 1.82) is 0 Å². The lowest BCUT2D eigenvalue weighted by atomic mass is 10.0. The number of thiazole rings is 1. The van der Waals surface area contributed by atoms with E-state index < -0.39 is 0 Å². The summed E-state index contributed by atoms with van der Waals surface area (Å²) < 4.78 is 2.38. The average molecular weight is 583 g/mol. The lowest BCUT2D eigenvalue weighted by Gasteiger charge is -2.30. The van der Waals surface area contributed by atoms with Gasteiger partial charge in [-0.3, -0.25) is 9.69 Å². The van der Waals surface area contributed by atoms with E-state index in [1.54, 1.807) is 22.7 Å². The summed E-state index contributed by atoms with van der Waals surface area (Å²) in [7, 11) is 0. The molecule has 4 rings (SSSR count). The number of anilines is 1. The van der Waals surface area contributed by atoms with Gasteiger partial charge < -0.3 is 10.6 Å². The summed E-state index contributed by atoms with van der Waals surface area (Å²) in [5.41, 5.74) is 3.55. The van der Waals surface area contributed by atoms with Gasteiger partial charge in [0.15, 0.2) is 0 Å². The molecule has 32 heavy (non-hydrogen) atoms. The zero-order chi connectivity index (χ0) is 22.8. The number of halogens is 1. The third-order valence-corrected chi connectivity index (χ3v) is 8.95. The van der Waals surface area contributed by atoms with Gasteiger partial charge in [-0.1, -0.05) is 6.92 Å². The third kappa shape index (κ3) is 5.35. The summed E-state index contributed by atoms with van der Waals surface area (Å²) in [4.78, 5) is 21.6. The summed E-state index contributed by atoms with van der Waals surface area (Å²) in [5, 5.41) is 8.63. The highest BCUT2D eigenvalue weighted by molar-refractivity contribution is 14.1. The molecule has 0 saturated heterocycles. The van der Waals surface area contributed by atoms with Gasteiger partial charge in [-0.05, 0) is 80.0 Å². The minimum absolute atomic E-state index is 0.0667. The molecule has 1 atom stereocenters. The van der Waals surface area contributed by atoms with Gasteiger partial charge in [-0.15, -0.1) is 22.7 Å². The molecule has 1 aliphatic heterocycles. The van der Waals surface area contributed by atoms with E-state index in [0.717, 1.165) is 47.0 Å². The van der Waals surface area contributed by atoms with E-state index in [4.69, 9.17) is 4.98 Å². The van der Waals surface area contributed by atoms with Crippen molar-refractivity contribution < 1.29 is 4.79 Å². The molecule has 1 unspecified atom stereocenters. The van der Waals surface area contributed by atoms with E-state index in [9.17, 15) is 4.79 Å². The Morgan fingerprint density at radius 2 is 2.09 bits per heavy atom. The zero-order valence-electron chi connectivity index (χ0n) is 19.1. The Balaban J connectivity index is 1.65. The Hall–Kier alpha value is -1.07. The molecule has 0 fully saturated rings. The number of amides is 1. The third-order valence-electron chi connectivity index (χ3n) is 6.09. The number of benzene rings is 1. The normalized spacial score (nSPS) is 15.3. The molecule has 0 radical (unpaired) electrons. The Bertz CT molecular complexity index is 1110. The predicted molar refractivity (Wildman–Crippen MR) is 146 cm³/mol. The fraction of sp³-hybridized carbons (Fsp3) is 0.500. The maximum atomic E-state index is 12.8. The fourth-order valence-corrected chi connectivity index (χ4v) is 6.81. The first-order valence-electron chi connectivity index (χ1n) is 11.3. The number of nitrogens with one attached hydrogen (secondary N) is 2. The molecular weight excluding hydrogens is 551 g/mol. The van der Waals surface area contributed by atoms with Gasteiger partial charge in [0.05, 0.1) is 10.2 Å². The van der Waals surface area contributed by atoms with Crippen LogP contribution in [0.4, 0.5) is 5.00 Å². The molecule has 5 nitrogen and oxygen atoms in total. The van der Waals surface area contributed by atoms with Crippen LogP contribution in [0.2, 0.25) is 0 Å². The van der Waals surface area contributed by atoms with Gasteiger partial charge in [0.2, 0.25) is 5.91 Å². The lowest BCUT2D eigenvalue weighted by Crippen LogP contribution is -2.35. The highest BCUT2D eigenvalue weighted by atomic mass is 127. The van der Waals surface area contributed by atoms with Crippen molar-refractivity contribution in [3.8, 4) is 10.6 Å². The van der Waals surface area contributed by atoms with Crippen LogP contribution in [0, 0.1) is 3.57 Å². The van der Waals surface area contributed by atoms with Gasteiger partial charge in [0.25, 0.3) is 0 Å². The van der Waals surface area contributed by atoms with Crippen LogP contribution in [-0.4, -0.2) is 41.0 Å². The second-order valence-electron chi connectivity index (χ2n) is 8.71. The van der Waals surface area contributed by atoms with E-state index in [2.05, 4.69) is 84.0 Å². The highest BCUT2D eigenvalue weighted by Gasteiger charge is 2.28. The smallest absolute Gasteiger partial charge is 0.226 e. The maximum absolute atomic E-state index is 12.8. The first-order valence-corrected chi connectivity index (χ1v) is 14.0. The zero-order valence-corrected chi connectivity index (χ0v) is 22.9. The number of rotatable bonds is 8. The Morgan fingerprint density at radius 3 is 2.84 bits per heavy atom. The van der Waals surface area contributed by atoms with Gasteiger partial charge >= 0.3 is 0 Å². The molecule has 8 heteroatoms. The molecule has 0 aliphatic carbocycles. The number of nitrogens with zero attached hydrogens (tertiary/aromatic N) is 2. The number of hydrogen-bond donors (Lipinski definition) is 2. The monoisotopic (exact) mass is 582 g/mol. The minimum Gasteiger partial charge on any atom is -0.317 e. The van der Waals surface area contributed by atoms with Gasteiger partial charge in [-0.25, -0.2) is 4.98 Å². The molecule has 1 amide bonds. The van der Waals surface area contributed by atoms with Crippen molar-refractivity contribution in [2.45, 2.75) is 65.6 Å². The van der Waals surface area contributed by atoms with Crippen LogP contribution in [0.3, 0.4) is 0 Å². The molecular formula is C24H31IN4OS2. The topological polar surface area (TPSA) is 57.3 Å². The van der Waals surface area contributed by atoms with Crippen LogP contribution in [0.1, 0.15) is 51.0 Å². The van der Waals surface area contributed by atoms with Crippen LogP contribution in [0.25, 0.3) is 20.8 Å². The van der Waals surface area contributed by atoms with Crippen LogP contribution < -0.4 is 10.6 Å². The number of carbonyl (C=O) groups excluding carboxylic acids is 1. The van der Waals surface area contributed by atoms with E-state index >= 15 is 0 Å². The van der Waals surface area contributed by atoms with Crippen LogP contribution in [0.15, 0.2) is 18.2 Å². The van der Waals surface area contributed by atoms with E-state index in [1.807, 2.05) is 0 Å². The second kappa shape index (κ2) is 10.5. The quantitative estimate of drug-likeness (QED) is 0.315. The number of thiophene rings is 1. The average Bonchev–Trinajstić information content (AvgIpc) is 3.32. The van der Waals surface area contributed by atoms with Crippen molar-refractivity contribution in [2.75, 3.05) is 18.4 Å². The number of hydrogen-bond acceptors (Lipinski definition) is 6. The molecule has 3 aromatic rings. The van der Waals surface area contributed by atoms with Gasteiger partial charge in [-0.2, -0.15) is 0 Å². The maximum Gasteiger partial charge on any atom is 0.226 e. The summed E-state index contributed by atoms with van der Waals surface area (Å²) >= 11 is 5.79. The Kier molecular flexibility index (Phi) is 7.87. The molecule has 2 N–H and O–H groups in total. The van der Waals surface area contributed by atoms with Crippen LogP contribution in [-0.2, 0) is 17.8 Å². The summed E-state index contributed by atoms with van der Waals surface area (Å²) in [5.74, 6) is 0.0667. The van der Waals surface area contributed by atoms with E-state index in [0.29, 0.717) is 25.0 Å². The summed E-state index contributed by atoms with van der Waals surface area (Å²) in [6, 6.07) is 7.36. The number of carbonyl (C=O) groups is 1. The second-order valence-corrected chi connectivity index (χ2v) is 12.1. The molecule has 1 aromatic carbocycles. The van der Waals surface area contributed by atoms with E-state index in [1.165, 1.54) is 18.7 Å². The minimum atomic E-state index is 0.0667. The van der Waals surface area contributed by atoms with Crippen LogP contribution >= 0.6 is 45.3 Å². The van der Waals surface area contributed by atoms with E-state index in [-0.39, 0.29) is 5.91 Å². The molecule has 0 saturated carbocycles. The highest BCUT2D eigenvalue weighted by Crippen LogP contribution is 2.46. The SMILES string of the molecule is CCC(C)NCCC(=O)Nc1sc2c(c1-c1nc3cc(I)ccc3s1)CCN(C(C)C)C2. The Morgan fingerprint density at radius 1 is 1.28 bits per heavy atom. The largest absolute Gasteiger partial charge is 0.317 e. The first kappa shape index (κ1) is 24.1. The predicted octanol–water partition coefficient (Wildman–Crippen LogP) is 6.11. The molecule has 0 bridgehead atoms. The molecule has 0 spiro atoms. The van der Waals surface area contributed by atoms with Crippen molar-refractivity contribution >= 4 is 66.4 Å². The van der Waals surface area contributed by atoms with Crippen LogP contribution in [0.5, 0.6) is 0 Å². The van der Waals surface area contributed by atoms with Crippen molar-refractivity contribution in [1.82, 2.24) is 15.2 Å². The first-order chi connectivity index (χ1) is 15.4. The standard InChI is InChI=1S/C24H31IN4OS2/c1-5-15(4)26-10-8-21(30)28-24-22(17-9-11-29(14(2)3)13-20(17)32-24)23-27-18-12-16(25)6-7-19(18)31-23/h6-7,12,14-15,26H,5,8-11,13H2,1-4H3,(H,28,30). The molecule has 1 aliphatic rings. The lowest BCUT2D eigenvalue weighted by molar-refractivity contribution is -0.116. The number of fused-ring (bicyclic) bond motifs is 2. The fourth-order valence-electron chi connectivity index (χ4n) is 3.95. The number of aromatic nitrogens is 1. The summed E-state index contributed by atoms with van der Waals surface area (Å²) in [6.45, 7) is 11.5. The van der Waals surface area contributed by atoms with Gasteiger partial charge in [0, 0.05) is 52.1 Å². The molecule has 172 valence electrons.